The van der Waals surface area contributed by atoms with Crippen LogP contribution in [0.3, 0.4) is 0 Å². The van der Waals surface area contributed by atoms with Crippen LogP contribution in [0.1, 0.15) is 43.8 Å². The van der Waals surface area contributed by atoms with E-state index in [4.69, 9.17) is 4.74 Å². The fraction of sp³-hybridized carbons (Fsp3) is 0.800. The molecule has 2 aliphatic rings. The van der Waals surface area contributed by atoms with Crippen molar-refractivity contribution in [2.24, 2.45) is 13.0 Å². The summed E-state index contributed by atoms with van der Waals surface area (Å²) in [5, 5.41) is 8.14. The molecule has 2 saturated heterocycles. The molecule has 21 heavy (non-hydrogen) atoms. The highest BCUT2D eigenvalue weighted by molar-refractivity contribution is 5.76. The molecule has 0 spiro atoms. The number of aromatic nitrogens is 3. The molecule has 0 aromatic carbocycles. The molecule has 3 rings (SSSR count). The van der Waals surface area contributed by atoms with Crippen LogP contribution in [0, 0.1) is 5.92 Å². The summed E-state index contributed by atoms with van der Waals surface area (Å²) in [6.07, 6.45) is 6.58. The normalized spacial score (nSPS) is 24.2. The molecule has 1 aromatic heterocycles. The van der Waals surface area contributed by atoms with Crippen molar-refractivity contribution in [3.8, 4) is 0 Å². The molecule has 1 amide bonds. The molecule has 6 heteroatoms. The van der Waals surface area contributed by atoms with Gasteiger partial charge in [0.05, 0.1) is 0 Å². The third-order valence-electron chi connectivity index (χ3n) is 4.68. The Bertz CT molecular complexity index is 474. The van der Waals surface area contributed by atoms with E-state index in [0.717, 1.165) is 57.8 Å². The van der Waals surface area contributed by atoms with Crippen molar-refractivity contribution in [3.05, 3.63) is 12.2 Å². The second-order valence-corrected chi connectivity index (χ2v) is 6.24. The van der Waals surface area contributed by atoms with E-state index in [2.05, 4.69) is 10.2 Å². The molecule has 0 N–H and O–H groups in total. The molecule has 2 aliphatic heterocycles. The summed E-state index contributed by atoms with van der Waals surface area (Å²) in [4.78, 5) is 14.4. The van der Waals surface area contributed by atoms with Crippen molar-refractivity contribution >= 4 is 5.91 Å². The highest BCUT2D eigenvalue weighted by Crippen LogP contribution is 2.27. The zero-order valence-electron chi connectivity index (χ0n) is 12.7. The molecule has 6 nitrogen and oxygen atoms in total. The smallest absolute Gasteiger partial charge is 0.222 e. The van der Waals surface area contributed by atoms with Crippen molar-refractivity contribution in [1.82, 2.24) is 19.7 Å². The lowest BCUT2D eigenvalue weighted by atomic mass is 9.94. The van der Waals surface area contributed by atoms with Gasteiger partial charge in [0.2, 0.25) is 5.91 Å². The van der Waals surface area contributed by atoms with Crippen molar-refractivity contribution in [2.45, 2.75) is 38.0 Å². The minimum Gasteiger partial charge on any atom is -0.381 e. The van der Waals surface area contributed by atoms with Crippen molar-refractivity contribution in [1.29, 1.82) is 0 Å². The van der Waals surface area contributed by atoms with Gasteiger partial charge in [-0.15, -0.1) is 10.2 Å². The number of amides is 1. The molecule has 3 heterocycles. The Balaban J connectivity index is 1.48. The highest BCUT2D eigenvalue weighted by atomic mass is 16.5. The minimum atomic E-state index is 0.293. The van der Waals surface area contributed by atoms with Gasteiger partial charge in [-0.05, 0) is 31.6 Å². The van der Waals surface area contributed by atoms with Gasteiger partial charge in [-0.25, -0.2) is 0 Å². The van der Waals surface area contributed by atoms with Gasteiger partial charge in [-0.3, -0.25) is 4.79 Å². The monoisotopic (exact) mass is 292 g/mol. The van der Waals surface area contributed by atoms with Crippen molar-refractivity contribution in [3.63, 3.8) is 0 Å². The molecular weight excluding hydrogens is 268 g/mol. The van der Waals surface area contributed by atoms with Crippen LogP contribution in [-0.4, -0.2) is 51.9 Å². The molecule has 1 aromatic rings. The van der Waals surface area contributed by atoms with E-state index in [0.29, 0.717) is 24.2 Å². The predicted molar refractivity (Wildman–Crippen MR) is 77.7 cm³/mol. The number of nitrogens with zero attached hydrogens (tertiary/aromatic N) is 4. The molecule has 0 bridgehead atoms. The second kappa shape index (κ2) is 6.56. The Hall–Kier alpha value is -1.43. The molecule has 2 fully saturated rings. The van der Waals surface area contributed by atoms with E-state index in [1.807, 2.05) is 16.5 Å². The van der Waals surface area contributed by atoms with Crippen molar-refractivity contribution < 1.29 is 9.53 Å². The van der Waals surface area contributed by atoms with Gasteiger partial charge in [0.25, 0.3) is 0 Å². The van der Waals surface area contributed by atoms with Gasteiger partial charge in [-0.2, -0.15) is 0 Å². The lowest BCUT2D eigenvalue weighted by Gasteiger charge is -2.33. The lowest BCUT2D eigenvalue weighted by molar-refractivity contribution is -0.134. The maximum absolute atomic E-state index is 12.4. The van der Waals surface area contributed by atoms with Gasteiger partial charge >= 0.3 is 0 Å². The first-order valence-corrected chi connectivity index (χ1v) is 7.93. The SMILES string of the molecule is Cn1cnnc1C1CCN(C(=O)CC2CCCOC2)CC1. The second-order valence-electron chi connectivity index (χ2n) is 6.24. The van der Waals surface area contributed by atoms with E-state index < -0.39 is 0 Å². The van der Waals surface area contributed by atoms with E-state index >= 15 is 0 Å². The standard InChI is InChI=1S/C15H24N4O2/c1-18-11-16-17-15(18)13-4-6-19(7-5-13)14(20)9-12-3-2-8-21-10-12/h11-13H,2-10H2,1H3. The Morgan fingerprint density at radius 1 is 1.38 bits per heavy atom. The summed E-state index contributed by atoms with van der Waals surface area (Å²) in [6.45, 7) is 3.28. The number of ether oxygens (including phenoxy) is 1. The largest absolute Gasteiger partial charge is 0.381 e. The minimum absolute atomic E-state index is 0.293. The number of carbonyl (C=O) groups excluding carboxylic acids is 1. The summed E-state index contributed by atoms with van der Waals surface area (Å²) in [7, 11) is 1.98. The van der Waals surface area contributed by atoms with Gasteiger partial charge in [0.1, 0.15) is 12.2 Å². The molecule has 1 unspecified atom stereocenters. The molecule has 0 radical (unpaired) electrons. The Labute approximate surface area is 125 Å². The van der Waals surface area contributed by atoms with Gasteiger partial charge in [-0.1, -0.05) is 0 Å². The van der Waals surface area contributed by atoms with Gasteiger partial charge in [0, 0.05) is 45.7 Å². The van der Waals surface area contributed by atoms with E-state index in [9.17, 15) is 4.79 Å². The summed E-state index contributed by atoms with van der Waals surface area (Å²) in [5.41, 5.74) is 0. The molecule has 116 valence electrons. The summed E-state index contributed by atoms with van der Waals surface area (Å²) in [5.74, 6) is 2.19. The number of piperidine rings is 1. The van der Waals surface area contributed by atoms with Crippen LogP contribution in [0.4, 0.5) is 0 Å². The molecule has 0 saturated carbocycles. The van der Waals surface area contributed by atoms with E-state index in [-0.39, 0.29) is 0 Å². The first kappa shape index (κ1) is 14.5. The van der Waals surface area contributed by atoms with Crippen LogP contribution in [0.5, 0.6) is 0 Å². The first-order valence-electron chi connectivity index (χ1n) is 7.93. The fourth-order valence-corrected chi connectivity index (χ4v) is 3.39. The van der Waals surface area contributed by atoms with Gasteiger partial charge < -0.3 is 14.2 Å². The zero-order chi connectivity index (χ0) is 14.7. The van der Waals surface area contributed by atoms with Crippen LogP contribution in [0.15, 0.2) is 6.33 Å². The average molecular weight is 292 g/mol. The zero-order valence-corrected chi connectivity index (χ0v) is 12.7. The number of hydrogen-bond acceptors (Lipinski definition) is 4. The molecule has 0 aliphatic carbocycles. The molecule has 1 atom stereocenters. The van der Waals surface area contributed by atoms with Crippen LogP contribution < -0.4 is 0 Å². The quantitative estimate of drug-likeness (QED) is 0.843. The maximum Gasteiger partial charge on any atom is 0.222 e. The lowest BCUT2D eigenvalue weighted by Crippen LogP contribution is -2.39. The highest BCUT2D eigenvalue weighted by Gasteiger charge is 2.28. The van der Waals surface area contributed by atoms with Crippen LogP contribution in [0.25, 0.3) is 0 Å². The van der Waals surface area contributed by atoms with Crippen molar-refractivity contribution in [2.75, 3.05) is 26.3 Å². The van der Waals surface area contributed by atoms with Crippen LogP contribution in [0.2, 0.25) is 0 Å². The molecular formula is C15H24N4O2. The Morgan fingerprint density at radius 3 is 2.81 bits per heavy atom. The number of carbonyl (C=O) groups is 1. The first-order chi connectivity index (χ1) is 10.2. The van der Waals surface area contributed by atoms with Gasteiger partial charge in [0.15, 0.2) is 0 Å². The third kappa shape index (κ3) is 3.43. The Kier molecular flexibility index (Phi) is 4.53. The summed E-state index contributed by atoms with van der Waals surface area (Å²) >= 11 is 0. The number of likely N-dealkylation sites (tertiary alicyclic amines) is 1. The van der Waals surface area contributed by atoms with Crippen LogP contribution in [-0.2, 0) is 16.6 Å². The van der Waals surface area contributed by atoms with E-state index in [1.54, 1.807) is 6.33 Å². The number of hydrogen-bond donors (Lipinski definition) is 0. The summed E-state index contributed by atoms with van der Waals surface area (Å²) in [6, 6.07) is 0. The number of rotatable bonds is 3. The topological polar surface area (TPSA) is 60.2 Å². The third-order valence-corrected chi connectivity index (χ3v) is 4.68. The predicted octanol–water partition coefficient (Wildman–Crippen LogP) is 1.34. The van der Waals surface area contributed by atoms with Crippen LogP contribution >= 0.6 is 0 Å². The average Bonchev–Trinajstić information content (AvgIpc) is 2.94. The van der Waals surface area contributed by atoms with E-state index in [1.165, 1.54) is 0 Å². The number of aryl methyl sites for hydroxylation is 1. The Morgan fingerprint density at radius 2 is 2.19 bits per heavy atom. The fourth-order valence-electron chi connectivity index (χ4n) is 3.39. The maximum atomic E-state index is 12.4. The summed E-state index contributed by atoms with van der Waals surface area (Å²) < 4.78 is 7.45.